The van der Waals surface area contributed by atoms with Crippen molar-refractivity contribution in [2.45, 2.75) is 50.5 Å². The number of Topliss-reactive ketones (excluding diaryl/α,β-unsaturated/α-hetero) is 1. The number of benzene rings is 2. The predicted octanol–water partition coefficient (Wildman–Crippen LogP) is 3.79. The highest BCUT2D eigenvalue weighted by molar-refractivity contribution is 7.89. The number of nitrogens with zero attached hydrogens (tertiary/aromatic N) is 1. The Hall–Kier alpha value is -2.18. The van der Waals surface area contributed by atoms with Gasteiger partial charge in [-0.05, 0) is 55.4 Å². The minimum Gasteiger partial charge on any atom is -0.364 e. The third-order valence-electron chi connectivity index (χ3n) is 5.25. The van der Waals surface area contributed by atoms with Crippen LogP contribution in [0, 0.1) is 5.92 Å². The van der Waals surface area contributed by atoms with Gasteiger partial charge in [0.15, 0.2) is 5.78 Å². The molecule has 5 nitrogen and oxygen atoms in total. The monoisotopic (exact) mass is 414 g/mol. The zero-order chi connectivity index (χ0) is 20.9. The van der Waals surface area contributed by atoms with Gasteiger partial charge >= 0.3 is 0 Å². The molecule has 29 heavy (non-hydrogen) atoms. The largest absolute Gasteiger partial charge is 0.364 e. The highest BCUT2D eigenvalue weighted by Gasteiger charge is 2.28. The maximum Gasteiger partial charge on any atom is 0.241 e. The second kappa shape index (κ2) is 9.55. The number of hydrogen-bond acceptors (Lipinski definition) is 4. The highest BCUT2D eigenvalue weighted by Crippen LogP contribution is 2.26. The van der Waals surface area contributed by atoms with Crippen molar-refractivity contribution in [3.63, 3.8) is 0 Å². The first-order chi connectivity index (χ1) is 13.9. The first-order valence-electron chi connectivity index (χ1n) is 10.3. The third-order valence-corrected chi connectivity index (χ3v) is 6.74. The molecule has 0 spiro atoms. The molecule has 1 aliphatic rings. The van der Waals surface area contributed by atoms with E-state index in [0.717, 1.165) is 31.5 Å². The minimum atomic E-state index is -3.75. The fraction of sp³-hybridized carbons (Fsp3) is 0.435. The van der Waals surface area contributed by atoms with Gasteiger partial charge in [-0.3, -0.25) is 4.79 Å². The first-order valence-corrected chi connectivity index (χ1v) is 11.8. The Balaban J connectivity index is 1.80. The average Bonchev–Trinajstić information content (AvgIpc) is 2.90. The van der Waals surface area contributed by atoms with Gasteiger partial charge < -0.3 is 4.90 Å². The smallest absolute Gasteiger partial charge is 0.241 e. The van der Waals surface area contributed by atoms with Gasteiger partial charge in [-0.2, -0.15) is 0 Å². The number of carbonyl (C=O) groups excluding carboxylic acids is 1. The minimum absolute atomic E-state index is 0.0880. The van der Waals surface area contributed by atoms with Gasteiger partial charge in [0.2, 0.25) is 10.0 Å². The zero-order valence-electron chi connectivity index (χ0n) is 17.2. The molecular formula is C23H30N2O3S. The van der Waals surface area contributed by atoms with Gasteiger partial charge in [0.05, 0.1) is 17.5 Å². The number of aryl methyl sites for hydroxylation is 1. The number of rotatable bonds is 8. The quantitative estimate of drug-likeness (QED) is 0.714. The lowest BCUT2D eigenvalue weighted by atomic mass is 10.0. The number of fused-ring (bicyclic) bond motifs is 1. The maximum absolute atomic E-state index is 13.2. The van der Waals surface area contributed by atoms with Gasteiger partial charge in [0, 0.05) is 12.2 Å². The fourth-order valence-electron chi connectivity index (χ4n) is 3.80. The molecule has 2 aromatic rings. The van der Waals surface area contributed by atoms with Crippen LogP contribution in [0.2, 0.25) is 0 Å². The SMILES string of the molecule is CC(C)C[C@H](NS(=O)(=O)c1ccccc1)C(=O)CN1CCCCc2ccccc21. The number of para-hydroxylation sites is 1. The van der Waals surface area contributed by atoms with Crippen LogP contribution in [0.3, 0.4) is 0 Å². The molecule has 1 atom stereocenters. The van der Waals surface area contributed by atoms with E-state index < -0.39 is 16.1 Å². The van der Waals surface area contributed by atoms with E-state index in [0.29, 0.717) is 6.42 Å². The van der Waals surface area contributed by atoms with E-state index in [1.807, 2.05) is 26.0 Å². The summed E-state index contributed by atoms with van der Waals surface area (Å²) in [5, 5.41) is 0. The lowest BCUT2D eigenvalue weighted by Crippen LogP contribution is -2.46. The molecule has 1 aliphatic heterocycles. The molecule has 0 saturated carbocycles. The number of sulfonamides is 1. The van der Waals surface area contributed by atoms with Crippen molar-refractivity contribution in [3.8, 4) is 0 Å². The molecule has 0 amide bonds. The molecule has 156 valence electrons. The van der Waals surface area contributed by atoms with E-state index in [2.05, 4.69) is 21.8 Å². The van der Waals surface area contributed by atoms with Crippen molar-refractivity contribution in [1.82, 2.24) is 4.72 Å². The Kier molecular flexibility index (Phi) is 7.09. The molecule has 0 fully saturated rings. The number of nitrogens with one attached hydrogen (secondary N) is 1. The number of hydrogen-bond donors (Lipinski definition) is 1. The average molecular weight is 415 g/mol. The van der Waals surface area contributed by atoms with Crippen molar-refractivity contribution in [1.29, 1.82) is 0 Å². The number of anilines is 1. The summed E-state index contributed by atoms with van der Waals surface area (Å²) < 4.78 is 28.3. The zero-order valence-corrected chi connectivity index (χ0v) is 18.0. The Bertz CT molecular complexity index is 926. The van der Waals surface area contributed by atoms with E-state index in [1.165, 1.54) is 5.56 Å². The summed E-state index contributed by atoms with van der Waals surface area (Å²) in [4.78, 5) is 15.5. The van der Waals surface area contributed by atoms with Crippen LogP contribution >= 0.6 is 0 Å². The molecule has 0 saturated heterocycles. The Morgan fingerprint density at radius 1 is 1.03 bits per heavy atom. The Labute approximate surface area is 174 Å². The van der Waals surface area contributed by atoms with Crippen molar-refractivity contribution < 1.29 is 13.2 Å². The van der Waals surface area contributed by atoms with E-state index >= 15 is 0 Å². The topological polar surface area (TPSA) is 66.5 Å². The first kappa shape index (κ1) is 21.5. The third kappa shape index (κ3) is 5.67. The van der Waals surface area contributed by atoms with Crippen molar-refractivity contribution in [2.75, 3.05) is 18.0 Å². The van der Waals surface area contributed by atoms with Gasteiger partial charge in [-0.15, -0.1) is 0 Å². The van der Waals surface area contributed by atoms with Crippen LogP contribution in [0.15, 0.2) is 59.5 Å². The maximum atomic E-state index is 13.2. The molecule has 0 aromatic heterocycles. The van der Waals surface area contributed by atoms with Crippen LogP contribution in [0.5, 0.6) is 0 Å². The van der Waals surface area contributed by atoms with Crippen LogP contribution < -0.4 is 9.62 Å². The van der Waals surface area contributed by atoms with Gasteiger partial charge in [-0.25, -0.2) is 13.1 Å². The summed E-state index contributed by atoms with van der Waals surface area (Å²) in [6.07, 6.45) is 3.60. The van der Waals surface area contributed by atoms with Crippen molar-refractivity contribution >= 4 is 21.5 Å². The molecule has 0 unspecified atom stereocenters. The predicted molar refractivity (Wildman–Crippen MR) is 117 cm³/mol. The second-order valence-corrected chi connectivity index (χ2v) is 9.80. The van der Waals surface area contributed by atoms with Crippen LogP contribution in [0.25, 0.3) is 0 Å². The molecular weight excluding hydrogens is 384 g/mol. The summed E-state index contributed by atoms with van der Waals surface area (Å²) in [7, 11) is -3.75. The van der Waals surface area contributed by atoms with E-state index in [1.54, 1.807) is 30.3 Å². The van der Waals surface area contributed by atoms with Crippen molar-refractivity contribution in [2.24, 2.45) is 5.92 Å². The molecule has 0 radical (unpaired) electrons. The summed E-state index contributed by atoms with van der Waals surface area (Å²) in [5.41, 5.74) is 2.34. The van der Waals surface area contributed by atoms with Gasteiger partial charge in [-0.1, -0.05) is 50.2 Å². The van der Waals surface area contributed by atoms with Gasteiger partial charge in [0.25, 0.3) is 0 Å². The second-order valence-electron chi connectivity index (χ2n) is 8.09. The Morgan fingerprint density at radius 3 is 2.45 bits per heavy atom. The molecule has 3 rings (SSSR count). The van der Waals surface area contributed by atoms with E-state index in [4.69, 9.17) is 0 Å². The van der Waals surface area contributed by atoms with Crippen molar-refractivity contribution in [3.05, 3.63) is 60.2 Å². The number of carbonyl (C=O) groups is 1. The molecule has 0 bridgehead atoms. The normalized spacial score (nSPS) is 15.6. The molecule has 1 heterocycles. The van der Waals surface area contributed by atoms with Crippen LogP contribution in [0.4, 0.5) is 5.69 Å². The van der Waals surface area contributed by atoms with E-state index in [-0.39, 0.29) is 23.1 Å². The van der Waals surface area contributed by atoms with Crippen LogP contribution in [-0.2, 0) is 21.2 Å². The number of ketones is 1. The standard InChI is InChI=1S/C23H30N2O3S/c1-18(2)16-21(24-29(27,28)20-12-4-3-5-13-20)23(26)17-25-15-9-8-11-19-10-6-7-14-22(19)25/h3-7,10,12-14,18,21,24H,8-9,11,15-17H2,1-2H3/t21-/m0/s1. The lowest BCUT2D eigenvalue weighted by Gasteiger charge is -2.27. The van der Waals surface area contributed by atoms with Crippen LogP contribution in [-0.4, -0.2) is 33.3 Å². The molecule has 1 N–H and O–H groups in total. The summed E-state index contributed by atoms with van der Waals surface area (Å²) >= 11 is 0. The van der Waals surface area contributed by atoms with Gasteiger partial charge in [0.1, 0.15) is 0 Å². The fourth-order valence-corrected chi connectivity index (χ4v) is 5.06. The Morgan fingerprint density at radius 2 is 1.72 bits per heavy atom. The summed E-state index contributed by atoms with van der Waals surface area (Å²) in [6, 6.07) is 15.7. The summed E-state index contributed by atoms with van der Waals surface area (Å²) in [6.45, 7) is 5.02. The van der Waals surface area contributed by atoms with E-state index in [9.17, 15) is 13.2 Å². The molecule has 2 aromatic carbocycles. The highest BCUT2D eigenvalue weighted by atomic mass is 32.2. The lowest BCUT2D eigenvalue weighted by molar-refractivity contribution is -0.119. The van der Waals surface area contributed by atoms with Crippen LogP contribution in [0.1, 0.15) is 38.7 Å². The summed E-state index contributed by atoms with van der Waals surface area (Å²) in [5.74, 6) is 0.105. The molecule has 0 aliphatic carbocycles. The molecule has 6 heteroatoms.